The summed E-state index contributed by atoms with van der Waals surface area (Å²) in [6, 6.07) is 0. The summed E-state index contributed by atoms with van der Waals surface area (Å²) in [6.45, 7) is 5.09. The van der Waals surface area contributed by atoms with E-state index in [0.717, 1.165) is 38.5 Å². The van der Waals surface area contributed by atoms with Crippen LogP contribution in [0.25, 0.3) is 0 Å². The average Bonchev–Trinajstić information content (AvgIpc) is 3.10. The number of hydrogen-bond acceptors (Lipinski definition) is 6. The molecule has 290 valence electrons. The number of rotatable bonds is 39. The Balaban J connectivity index is 4.50. The van der Waals surface area contributed by atoms with E-state index in [1.165, 1.54) is 141 Å². The Bertz CT molecular complexity index is 749. The third kappa shape index (κ3) is 21.8. The van der Waals surface area contributed by atoms with Crippen molar-refractivity contribution in [3.8, 4) is 0 Å². The molecule has 0 aliphatic rings. The monoisotopic (exact) mass is 695 g/mol. The highest BCUT2D eigenvalue weighted by molar-refractivity contribution is 6.16. The number of Topliss-reactive ketones (excluding diaryl/α,β-unsaturated/α-hetero) is 3. The highest BCUT2D eigenvalue weighted by atomic mass is 16.4. The molecule has 0 aromatic heterocycles. The summed E-state index contributed by atoms with van der Waals surface area (Å²) < 4.78 is 0. The average molecular weight is 695 g/mol. The normalized spacial score (nSPS) is 13.1. The third-order valence-corrected chi connectivity index (χ3v) is 10.6. The molecule has 0 rings (SSSR count). The Labute approximate surface area is 303 Å². The van der Waals surface area contributed by atoms with E-state index in [1.807, 2.05) is 0 Å². The summed E-state index contributed by atoms with van der Waals surface area (Å²) >= 11 is 0. The Morgan fingerprint density at radius 2 is 0.592 bits per heavy atom. The molecule has 0 bridgehead atoms. The molecule has 49 heavy (non-hydrogen) atoms. The second-order valence-corrected chi connectivity index (χ2v) is 15.1. The molecular weight excluding hydrogens is 612 g/mol. The molecule has 0 aromatic rings. The molecule has 0 spiro atoms. The van der Waals surface area contributed by atoms with Crippen LogP contribution in [0.2, 0.25) is 0 Å². The summed E-state index contributed by atoms with van der Waals surface area (Å²) in [5.41, 5.74) is -5.71. The van der Waals surface area contributed by atoms with E-state index in [0.29, 0.717) is 19.3 Å². The first-order chi connectivity index (χ1) is 23.8. The van der Waals surface area contributed by atoms with Crippen molar-refractivity contribution in [2.24, 2.45) is 0 Å². The van der Waals surface area contributed by atoms with E-state index in [-0.39, 0.29) is 19.3 Å². The SMILES string of the molecule is CCCCCCCCCCCCCCCCCC(=O)C(O)(C(=O)CCCCCCCCCCCCCCCCC)C(O)(CO)C(=O)CCC. The van der Waals surface area contributed by atoms with Crippen molar-refractivity contribution in [2.45, 2.75) is 250 Å². The first kappa shape index (κ1) is 47.9. The molecule has 0 aromatic carbocycles. The third-order valence-electron chi connectivity index (χ3n) is 10.6. The fraction of sp³-hybridized carbons (Fsp3) is 0.930. The molecule has 1 unspecified atom stereocenters. The van der Waals surface area contributed by atoms with Crippen molar-refractivity contribution < 1.29 is 29.7 Å². The minimum Gasteiger partial charge on any atom is -0.393 e. The van der Waals surface area contributed by atoms with Gasteiger partial charge in [-0.15, -0.1) is 0 Å². The maximum atomic E-state index is 13.4. The van der Waals surface area contributed by atoms with Crippen molar-refractivity contribution in [2.75, 3.05) is 6.61 Å². The highest BCUT2D eigenvalue weighted by Gasteiger charge is 2.62. The molecule has 0 aliphatic heterocycles. The van der Waals surface area contributed by atoms with Gasteiger partial charge in [0.05, 0.1) is 6.61 Å². The van der Waals surface area contributed by atoms with Gasteiger partial charge in [-0.05, 0) is 19.3 Å². The van der Waals surface area contributed by atoms with Gasteiger partial charge in [0.1, 0.15) is 0 Å². The van der Waals surface area contributed by atoms with E-state index in [4.69, 9.17) is 0 Å². The summed E-state index contributed by atoms with van der Waals surface area (Å²) in [4.78, 5) is 39.7. The second kappa shape index (κ2) is 32.8. The molecule has 0 aliphatic carbocycles. The van der Waals surface area contributed by atoms with Gasteiger partial charge in [-0.3, -0.25) is 14.4 Å². The number of aliphatic hydroxyl groups excluding tert-OH is 1. The maximum absolute atomic E-state index is 13.4. The quantitative estimate of drug-likeness (QED) is 0.0436. The molecule has 0 amide bonds. The predicted octanol–water partition coefficient (Wildman–Crippen LogP) is 11.5. The molecule has 0 fully saturated rings. The first-order valence-electron chi connectivity index (χ1n) is 21.4. The van der Waals surface area contributed by atoms with Gasteiger partial charge in [0.25, 0.3) is 0 Å². The van der Waals surface area contributed by atoms with Crippen molar-refractivity contribution in [1.82, 2.24) is 0 Å². The lowest BCUT2D eigenvalue weighted by atomic mass is 9.71. The molecule has 0 saturated carbocycles. The van der Waals surface area contributed by atoms with Gasteiger partial charge in [-0.25, -0.2) is 0 Å². The first-order valence-corrected chi connectivity index (χ1v) is 21.4. The predicted molar refractivity (Wildman–Crippen MR) is 206 cm³/mol. The summed E-state index contributed by atoms with van der Waals surface area (Å²) in [6.07, 6.45) is 35.5. The van der Waals surface area contributed by atoms with E-state index in [1.54, 1.807) is 6.92 Å². The minimum absolute atomic E-state index is 0.0962. The highest BCUT2D eigenvalue weighted by Crippen LogP contribution is 2.31. The van der Waals surface area contributed by atoms with Gasteiger partial charge < -0.3 is 15.3 Å². The number of unbranched alkanes of at least 4 members (excludes halogenated alkanes) is 28. The van der Waals surface area contributed by atoms with Gasteiger partial charge in [-0.1, -0.05) is 201 Å². The van der Waals surface area contributed by atoms with Gasteiger partial charge >= 0.3 is 0 Å². The van der Waals surface area contributed by atoms with Crippen LogP contribution < -0.4 is 0 Å². The van der Waals surface area contributed by atoms with Crippen molar-refractivity contribution >= 4 is 17.3 Å². The summed E-state index contributed by atoms with van der Waals surface area (Å²) in [7, 11) is 0. The van der Waals surface area contributed by atoms with Crippen LogP contribution >= 0.6 is 0 Å². The van der Waals surface area contributed by atoms with Crippen molar-refractivity contribution in [3.63, 3.8) is 0 Å². The number of carbonyl (C=O) groups is 3. The largest absolute Gasteiger partial charge is 0.393 e. The lowest BCUT2D eigenvalue weighted by Crippen LogP contribution is -2.69. The van der Waals surface area contributed by atoms with Gasteiger partial charge in [0, 0.05) is 19.3 Å². The van der Waals surface area contributed by atoms with Crippen molar-refractivity contribution in [3.05, 3.63) is 0 Å². The zero-order chi connectivity index (χ0) is 36.5. The number of ketones is 3. The Kier molecular flexibility index (Phi) is 32.0. The molecule has 0 saturated heterocycles. The van der Waals surface area contributed by atoms with E-state index >= 15 is 0 Å². The zero-order valence-electron chi connectivity index (χ0n) is 32.8. The van der Waals surface area contributed by atoms with Crippen molar-refractivity contribution in [1.29, 1.82) is 0 Å². The smallest absolute Gasteiger partial charge is 0.219 e. The number of hydrogen-bond donors (Lipinski definition) is 3. The van der Waals surface area contributed by atoms with Gasteiger partial charge in [-0.2, -0.15) is 0 Å². The molecule has 3 N–H and O–H groups in total. The van der Waals surface area contributed by atoms with Crippen LogP contribution in [-0.2, 0) is 14.4 Å². The van der Waals surface area contributed by atoms with E-state index in [9.17, 15) is 29.7 Å². The van der Waals surface area contributed by atoms with Crippen LogP contribution in [0.15, 0.2) is 0 Å². The fourth-order valence-corrected chi connectivity index (χ4v) is 7.13. The van der Waals surface area contributed by atoms with E-state index in [2.05, 4.69) is 13.8 Å². The van der Waals surface area contributed by atoms with Gasteiger partial charge in [0.2, 0.25) is 5.60 Å². The summed E-state index contributed by atoms with van der Waals surface area (Å²) in [5, 5.41) is 32.9. The zero-order valence-corrected chi connectivity index (χ0v) is 32.8. The Hall–Kier alpha value is -1.11. The van der Waals surface area contributed by atoms with Gasteiger partial charge in [0.15, 0.2) is 23.0 Å². The molecule has 6 heteroatoms. The lowest BCUT2D eigenvalue weighted by molar-refractivity contribution is -0.194. The van der Waals surface area contributed by atoms with Crippen LogP contribution in [0.3, 0.4) is 0 Å². The molecule has 6 nitrogen and oxygen atoms in total. The number of aliphatic hydroxyl groups is 3. The van der Waals surface area contributed by atoms with Crippen LogP contribution in [0.1, 0.15) is 239 Å². The Morgan fingerprint density at radius 3 is 0.816 bits per heavy atom. The molecule has 1 atom stereocenters. The molecule has 0 radical (unpaired) electrons. The van der Waals surface area contributed by atoms with Crippen LogP contribution in [0, 0.1) is 0 Å². The maximum Gasteiger partial charge on any atom is 0.219 e. The molecule has 0 heterocycles. The van der Waals surface area contributed by atoms with E-state index < -0.39 is 35.2 Å². The standard InChI is InChI=1S/C43H82O6/c1-4-7-9-11-13-15-17-19-21-23-25-27-29-31-33-36-40(46)43(49,42(48,38-44)39(45)35-6-3)41(47)37-34-32-30-28-26-24-22-20-18-16-14-12-10-8-5-2/h44,48-49H,4-38H2,1-3H3. The Morgan fingerprint density at radius 1 is 0.347 bits per heavy atom. The topological polar surface area (TPSA) is 112 Å². The lowest BCUT2D eigenvalue weighted by Gasteiger charge is -2.39. The summed E-state index contributed by atoms with van der Waals surface area (Å²) in [5.74, 6) is -2.53. The number of carbonyl (C=O) groups excluding carboxylic acids is 3. The molecular formula is C43H82O6. The fourth-order valence-electron chi connectivity index (χ4n) is 7.13. The minimum atomic E-state index is -2.90. The van der Waals surface area contributed by atoms with Crippen LogP contribution in [0.4, 0.5) is 0 Å². The van der Waals surface area contributed by atoms with Crippen LogP contribution in [0.5, 0.6) is 0 Å². The van der Waals surface area contributed by atoms with Crippen LogP contribution in [-0.4, -0.2) is 50.5 Å². The second-order valence-electron chi connectivity index (χ2n) is 15.1.